The van der Waals surface area contributed by atoms with Crippen LogP contribution in [0.4, 0.5) is 5.69 Å². The van der Waals surface area contributed by atoms with E-state index in [-0.39, 0.29) is 17.9 Å². The molecule has 1 N–H and O–H groups in total. The molecule has 1 aliphatic heterocycles. The van der Waals surface area contributed by atoms with Crippen LogP contribution in [-0.4, -0.2) is 33.1 Å². The molecule has 0 spiro atoms. The minimum atomic E-state index is -0.726. The average Bonchev–Trinajstić information content (AvgIpc) is 3.40. The molecule has 2 atom stereocenters. The lowest BCUT2D eigenvalue weighted by Crippen LogP contribution is -2.38. The maximum absolute atomic E-state index is 12.8. The van der Waals surface area contributed by atoms with Crippen molar-refractivity contribution in [3.63, 3.8) is 0 Å². The summed E-state index contributed by atoms with van der Waals surface area (Å²) in [7, 11) is 0. The lowest BCUT2D eigenvalue weighted by Gasteiger charge is -2.19. The van der Waals surface area contributed by atoms with E-state index in [0.29, 0.717) is 28.7 Å². The second-order valence-electron chi connectivity index (χ2n) is 7.09. The van der Waals surface area contributed by atoms with Crippen LogP contribution in [-0.2, 0) is 9.59 Å². The van der Waals surface area contributed by atoms with E-state index >= 15 is 0 Å². The molecular formula is C21H19Cl2N5O2. The first-order valence-corrected chi connectivity index (χ1v) is 10.2. The van der Waals surface area contributed by atoms with Gasteiger partial charge in [0.05, 0.1) is 21.8 Å². The molecule has 7 nitrogen and oxygen atoms in total. The number of carbonyl (C=O) groups excluding carboxylic acids is 2. The Morgan fingerprint density at radius 3 is 2.53 bits per heavy atom. The standard InChI is InChI=1S/C21H19Cl2N5O2/c1-13(14-2-4-15(5-3-14)28-12-24-11-25-28)26-20(29)17-8-9-27(21(17)30)16-6-7-18(22)19(23)10-16/h2-7,10-13,17H,8-9H2,1H3,(H,26,29). The number of halogens is 2. The number of rotatable bonds is 5. The highest BCUT2D eigenvalue weighted by Crippen LogP contribution is 2.31. The minimum absolute atomic E-state index is 0.236. The molecule has 1 fully saturated rings. The summed E-state index contributed by atoms with van der Waals surface area (Å²) in [5.74, 6) is -1.24. The Kier molecular flexibility index (Phi) is 5.74. The molecular weight excluding hydrogens is 425 g/mol. The van der Waals surface area contributed by atoms with E-state index in [2.05, 4.69) is 15.4 Å². The van der Waals surface area contributed by atoms with Gasteiger partial charge in [0.1, 0.15) is 18.6 Å². The normalized spacial score (nSPS) is 17.2. The molecule has 154 valence electrons. The summed E-state index contributed by atoms with van der Waals surface area (Å²) in [6.07, 6.45) is 3.53. The van der Waals surface area contributed by atoms with E-state index < -0.39 is 5.92 Å². The molecule has 0 radical (unpaired) electrons. The van der Waals surface area contributed by atoms with Gasteiger partial charge in [-0.1, -0.05) is 35.3 Å². The molecule has 2 heterocycles. The Labute approximate surface area is 183 Å². The Balaban J connectivity index is 1.41. The van der Waals surface area contributed by atoms with Crippen molar-refractivity contribution < 1.29 is 9.59 Å². The van der Waals surface area contributed by atoms with E-state index in [0.717, 1.165) is 11.3 Å². The van der Waals surface area contributed by atoms with Crippen molar-refractivity contribution in [2.75, 3.05) is 11.4 Å². The Morgan fingerprint density at radius 1 is 1.13 bits per heavy atom. The molecule has 3 aromatic rings. The molecule has 9 heteroatoms. The van der Waals surface area contributed by atoms with Crippen LogP contribution in [0.15, 0.2) is 55.1 Å². The summed E-state index contributed by atoms with van der Waals surface area (Å²) in [4.78, 5) is 31.1. The quantitative estimate of drug-likeness (QED) is 0.607. The van der Waals surface area contributed by atoms with Crippen molar-refractivity contribution in [2.45, 2.75) is 19.4 Å². The van der Waals surface area contributed by atoms with Crippen molar-refractivity contribution in [1.82, 2.24) is 20.1 Å². The van der Waals surface area contributed by atoms with Crippen LogP contribution in [0.2, 0.25) is 10.0 Å². The fourth-order valence-corrected chi connectivity index (χ4v) is 3.78. The van der Waals surface area contributed by atoms with Gasteiger partial charge in [-0.25, -0.2) is 9.67 Å². The molecule has 4 rings (SSSR count). The van der Waals surface area contributed by atoms with E-state index in [9.17, 15) is 9.59 Å². The second kappa shape index (κ2) is 8.45. The van der Waals surface area contributed by atoms with Gasteiger partial charge >= 0.3 is 0 Å². The van der Waals surface area contributed by atoms with Gasteiger partial charge < -0.3 is 10.2 Å². The van der Waals surface area contributed by atoms with Crippen molar-refractivity contribution in [2.24, 2.45) is 5.92 Å². The van der Waals surface area contributed by atoms with Crippen molar-refractivity contribution >= 4 is 40.7 Å². The third kappa shape index (κ3) is 4.04. The Bertz CT molecular complexity index is 1070. The minimum Gasteiger partial charge on any atom is -0.349 e. The zero-order valence-corrected chi connectivity index (χ0v) is 17.6. The Morgan fingerprint density at radius 2 is 1.87 bits per heavy atom. The summed E-state index contributed by atoms with van der Waals surface area (Å²) in [6.45, 7) is 2.34. The summed E-state index contributed by atoms with van der Waals surface area (Å²) >= 11 is 12.0. The van der Waals surface area contributed by atoms with E-state index in [1.165, 1.54) is 6.33 Å². The zero-order valence-electron chi connectivity index (χ0n) is 16.1. The first-order chi connectivity index (χ1) is 14.4. The van der Waals surface area contributed by atoms with Crippen molar-refractivity contribution in [3.05, 3.63) is 70.7 Å². The number of aromatic nitrogens is 3. The van der Waals surface area contributed by atoms with Gasteiger partial charge in [0, 0.05) is 12.2 Å². The fraction of sp³-hybridized carbons (Fsp3) is 0.238. The van der Waals surface area contributed by atoms with Crippen LogP contribution in [0.3, 0.4) is 0 Å². The first kappa shape index (κ1) is 20.4. The number of anilines is 1. The summed E-state index contributed by atoms with van der Waals surface area (Å²) < 4.78 is 1.65. The SMILES string of the molecule is CC(NC(=O)C1CCN(c2ccc(Cl)c(Cl)c2)C1=O)c1ccc(-n2cncn2)cc1. The van der Waals surface area contributed by atoms with Crippen molar-refractivity contribution in [3.8, 4) is 5.69 Å². The third-order valence-electron chi connectivity index (χ3n) is 5.17. The monoisotopic (exact) mass is 443 g/mol. The first-order valence-electron chi connectivity index (χ1n) is 9.46. The molecule has 0 aliphatic carbocycles. The van der Waals surface area contributed by atoms with Gasteiger partial charge in [0.15, 0.2) is 0 Å². The molecule has 1 aliphatic rings. The van der Waals surface area contributed by atoms with Crippen LogP contribution in [0.1, 0.15) is 24.9 Å². The number of amides is 2. The third-order valence-corrected chi connectivity index (χ3v) is 5.91. The van der Waals surface area contributed by atoms with Gasteiger partial charge in [-0.3, -0.25) is 9.59 Å². The van der Waals surface area contributed by atoms with Gasteiger partial charge in [0.2, 0.25) is 11.8 Å². The number of nitrogens with zero attached hydrogens (tertiary/aromatic N) is 4. The molecule has 1 aromatic heterocycles. The number of benzene rings is 2. The largest absolute Gasteiger partial charge is 0.349 e. The van der Waals surface area contributed by atoms with Gasteiger partial charge in [-0.05, 0) is 49.2 Å². The van der Waals surface area contributed by atoms with Crippen LogP contribution >= 0.6 is 23.2 Å². The molecule has 2 unspecified atom stereocenters. The fourth-order valence-electron chi connectivity index (χ4n) is 3.49. The van der Waals surface area contributed by atoms with E-state index in [4.69, 9.17) is 23.2 Å². The molecule has 1 saturated heterocycles. The lowest BCUT2D eigenvalue weighted by atomic mass is 10.0. The second-order valence-corrected chi connectivity index (χ2v) is 7.91. The highest BCUT2D eigenvalue weighted by Gasteiger charge is 2.38. The molecule has 2 aromatic carbocycles. The smallest absolute Gasteiger partial charge is 0.239 e. The average molecular weight is 444 g/mol. The van der Waals surface area contributed by atoms with Gasteiger partial charge in [0.25, 0.3) is 0 Å². The maximum atomic E-state index is 12.8. The molecule has 0 saturated carbocycles. The number of hydrogen-bond donors (Lipinski definition) is 1. The highest BCUT2D eigenvalue weighted by atomic mass is 35.5. The van der Waals surface area contributed by atoms with Crippen LogP contribution in [0.25, 0.3) is 5.69 Å². The number of hydrogen-bond acceptors (Lipinski definition) is 4. The highest BCUT2D eigenvalue weighted by molar-refractivity contribution is 6.42. The predicted molar refractivity (Wildman–Crippen MR) is 115 cm³/mol. The number of nitrogens with one attached hydrogen (secondary N) is 1. The maximum Gasteiger partial charge on any atom is 0.239 e. The Hall–Kier alpha value is -2.90. The van der Waals surface area contributed by atoms with E-state index in [1.807, 2.05) is 31.2 Å². The molecule has 2 amide bonds. The van der Waals surface area contributed by atoms with Gasteiger partial charge in [-0.15, -0.1) is 0 Å². The molecule has 0 bridgehead atoms. The number of carbonyl (C=O) groups is 2. The summed E-state index contributed by atoms with van der Waals surface area (Å²) in [5.41, 5.74) is 2.44. The summed E-state index contributed by atoms with van der Waals surface area (Å²) in [5, 5.41) is 7.83. The summed E-state index contributed by atoms with van der Waals surface area (Å²) in [6, 6.07) is 12.4. The van der Waals surface area contributed by atoms with E-state index in [1.54, 1.807) is 34.1 Å². The van der Waals surface area contributed by atoms with Crippen molar-refractivity contribution in [1.29, 1.82) is 0 Å². The predicted octanol–water partition coefficient (Wildman–Crippen LogP) is 3.80. The lowest BCUT2D eigenvalue weighted by molar-refractivity contribution is -0.132. The molecule has 30 heavy (non-hydrogen) atoms. The van der Waals surface area contributed by atoms with Gasteiger partial charge in [-0.2, -0.15) is 5.10 Å². The van der Waals surface area contributed by atoms with Crippen LogP contribution < -0.4 is 10.2 Å². The van der Waals surface area contributed by atoms with Crippen LogP contribution in [0.5, 0.6) is 0 Å². The zero-order chi connectivity index (χ0) is 21.3. The topological polar surface area (TPSA) is 80.1 Å². The van der Waals surface area contributed by atoms with Crippen LogP contribution in [0, 0.1) is 5.92 Å².